The molecule has 0 spiro atoms. The predicted molar refractivity (Wildman–Crippen MR) is 157 cm³/mol. The maximum absolute atomic E-state index is 2.44. The van der Waals surface area contributed by atoms with Gasteiger partial charge in [0.1, 0.15) is 0 Å². The van der Waals surface area contributed by atoms with Gasteiger partial charge in [-0.2, -0.15) is 0 Å². The summed E-state index contributed by atoms with van der Waals surface area (Å²) < 4.78 is 0. The van der Waals surface area contributed by atoms with Crippen molar-refractivity contribution in [2.75, 3.05) is 4.90 Å². The fraction of sp³-hybridized carbons (Fsp3) is 0.0270. The summed E-state index contributed by atoms with van der Waals surface area (Å²) in [5, 5.41) is 0. The highest BCUT2D eigenvalue weighted by Gasteiger charge is 2.52. The molecule has 0 saturated heterocycles. The Morgan fingerprint density at radius 1 is 0.368 bits per heavy atom. The van der Waals surface area contributed by atoms with Gasteiger partial charge in [0.05, 0.1) is 5.41 Å². The molecule has 1 unspecified atom stereocenters. The van der Waals surface area contributed by atoms with Crippen molar-refractivity contribution in [3.05, 3.63) is 174 Å². The van der Waals surface area contributed by atoms with E-state index in [2.05, 4.69) is 157 Å². The van der Waals surface area contributed by atoms with Crippen molar-refractivity contribution in [2.45, 2.75) is 5.41 Å². The van der Waals surface area contributed by atoms with Crippen LogP contribution in [0, 0.1) is 0 Å². The number of hydrogen-bond acceptors (Lipinski definition) is 1. The Bertz CT molecular complexity index is 1770. The van der Waals surface area contributed by atoms with Gasteiger partial charge in [-0.25, -0.2) is 0 Å². The number of anilines is 3. The third kappa shape index (κ3) is 2.76. The Hall–Kier alpha value is -4.88. The fourth-order valence-corrected chi connectivity index (χ4v) is 6.83. The molecule has 6 aromatic rings. The van der Waals surface area contributed by atoms with Crippen molar-refractivity contribution in [1.29, 1.82) is 0 Å². The molecule has 2 aliphatic carbocycles. The van der Waals surface area contributed by atoms with Crippen molar-refractivity contribution in [1.82, 2.24) is 0 Å². The lowest BCUT2D eigenvalue weighted by molar-refractivity contribution is 0.792. The zero-order chi connectivity index (χ0) is 25.1. The Kier molecular flexibility index (Phi) is 4.50. The highest BCUT2D eigenvalue weighted by Crippen LogP contribution is 2.64. The average Bonchev–Trinajstić information content (AvgIpc) is 3.47. The van der Waals surface area contributed by atoms with Crippen LogP contribution in [0.2, 0.25) is 0 Å². The Morgan fingerprint density at radius 3 is 1.55 bits per heavy atom. The summed E-state index contributed by atoms with van der Waals surface area (Å²) in [5.41, 5.74) is 13.9. The molecule has 6 aromatic carbocycles. The van der Waals surface area contributed by atoms with Gasteiger partial charge in [-0.1, -0.05) is 115 Å². The summed E-state index contributed by atoms with van der Waals surface area (Å²) in [5.74, 6) is 0. The molecule has 0 N–H and O–H groups in total. The number of hydrogen-bond donors (Lipinski definition) is 0. The average molecular weight is 484 g/mol. The minimum atomic E-state index is -0.339. The van der Waals surface area contributed by atoms with Gasteiger partial charge >= 0.3 is 0 Å². The second-order valence-electron chi connectivity index (χ2n) is 10.1. The van der Waals surface area contributed by atoms with Gasteiger partial charge in [0.2, 0.25) is 0 Å². The van der Waals surface area contributed by atoms with Gasteiger partial charge in [0.25, 0.3) is 0 Å². The van der Waals surface area contributed by atoms with Gasteiger partial charge < -0.3 is 4.90 Å². The third-order valence-electron chi connectivity index (χ3n) is 8.25. The maximum atomic E-state index is 2.44. The number of benzene rings is 6. The van der Waals surface area contributed by atoms with E-state index in [1.807, 2.05) is 0 Å². The van der Waals surface area contributed by atoms with Crippen LogP contribution in [-0.2, 0) is 5.41 Å². The summed E-state index contributed by atoms with van der Waals surface area (Å²) in [6.45, 7) is 0. The van der Waals surface area contributed by atoms with Crippen molar-refractivity contribution in [2.24, 2.45) is 0 Å². The van der Waals surface area contributed by atoms with Crippen LogP contribution in [0.1, 0.15) is 22.3 Å². The van der Waals surface area contributed by atoms with E-state index in [1.165, 1.54) is 44.5 Å². The number of para-hydroxylation sites is 2. The van der Waals surface area contributed by atoms with Crippen LogP contribution in [0.4, 0.5) is 17.1 Å². The maximum Gasteiger partial charge on any atom is 0.0726 e. The van der Waals surface area contributed by atoms with Crippen LogP contribution in [0.3, 0.4) is 0 Å². The first-order valence-corrected chi connectivity index (χ1v) is 13.2. The van der Waals surface area contributed by atoms with Crippen LogP contribution in [0.5, 0.6) is 0 Å². The first-order valence-electron chi connectivity index (χ1n) is 13.2. The number of fused-ring (bicyclic) bond motifs is 6. The summed E-state index contributed by atoms with van der Waals surface area (Å²) in [4.78, 5) is 2.36. The van der Waals surface area contributed by atoms with E-state index in [-0.39, 0.29) is 5.41 Å². The SMILES string of the molecule is c1ccc(N(c2ccccc2)c2ccc3c(c2)C2(c4ccccc4)c4ccccc4-c4cccc-3c42)cc1. The summed E-state index contributed by atoms with van der Waals surface area (Å²) in [6, 6.07) is 55.3. The molecular formula is C37H25N. The molecule has 0 saturated carbocycles. The van der Waals surface area contributed by atoms with Crippen LogP contribution in [0.15, 0.2) is 152 Å². The summed E-state index contributed by atoms with van der Waals surface area (Å²) >= 11 is 0. The molecule has 0 amide bonds. The van der Waals surface area contributed by atoms with Crippen LogP contribution >= 0.6 is 0 Å². The van der Waals surface area contributed by atoms with Crippen molar-refractivity contribution < 1.29 is 0 Å². The normalized spacial score (nSPS) is 16.0. The van der Waals surface area contributed by atoms with Gasteiger partial charge in [-0.05, 0) is 80.9 Å². The van der Waals surface area contributed by atoms with E-state index in [1.54, 1.807) is 0 Å². The first-order chi connectivity index (χ1) is 18.9. The number of rotatable bonds is 4. The molecular weight excluding hydrogens is 458 g/mol. The second kappa shape index (κ2) is 8.06. The fourth-order valence-electron chi connectivity index (χ4n) is 6.83. The molecule has 2 aliphatic rings. The molecule has 8 rings (SSSR count). The third-order valence-corrected chi connectivity index (χ3v) is 8.25. The molecule has 0 heterocycles. The molecule has 1 heteroatoms. The molecule has 38 heavy (non-hydrogen) atoms. The zero-order valence-electron chi connectivity index (χ0n) is 20.9. The van der Waals surface area contributed by atoms with Gasteiger partial charge in [0.15, 0.2) is 0 Å². The zero-order valence-corrected chi connectivity index (χ0v) is 20.9. The second-order valence-corrected chi connectivity index (χ2v) is 10.1. The highest BCUT2D eigenvalue weighted by atomic mass is 15.1. The molecule has 0 fully saturated rings. The highest BCUT2D eigenvalue weighted by molar-refractivity contribution is 5.99. The largest absolute Gasteiger partial charge is 0.310 e. The number of nitrogens with zero attached hydrogens (tertiary/aromatic N) is 1. The Balaban J connectivity index is 1.46. The minimum Gasteiger partial charge on any atom is -0.310 e. The van der Waals surface area contributed by atoms with Crippen LogP contribution in [0.25, 0.3) is 22.3 Å². The molecule has 0 bridgehead atoms. The summed E-state index contributed by atoms with van der Waals surface area (Å²) in [7, 11) is 0. The monoisotopic (exact) mass is 483 g/mol. The van der Waals surface area contributed by atoms with Crippen molar-refractivity contribution in [3.8, 4) is 22.3 Å². The van der Waals surface area contributed by atoms with E-state index < -0.39 is 0 Å². The molecule has 1 nitrogen and oxygen atoms in total. The van der Waals surface area contributed by atoms with E-state index in [0.717, 1.165) is 17.1 Å². The van der Waals surface area contributed by atoms with E-state index in [4.69, 9.17) is 0 Å². The quantitative estimate of drug-likeness (QED) is 0.241. The molecule has 0 aromatic heterocycles. The molecule has 178 valence electrons. The predicted octanol–water partition coefficient (Wildman–Crippen LogP) is 9.50. The van der Waals surface area contributed by atoms with E-state index in [0.29, 0.717) is 0 Å². The van der Waals surface area contributed by atoms with E-state index >= 15 is 0 Å². The van der Waals surface area contributed by atoms with Crippen molar-refractivity contribution >= 4 is 17.1 Å². The minimum absolute atomic E-state index is 0.339. The van der Waals surface area contributed by atoms with Crippen LogP contribution < -0.4 is 4.90 Å². The lowest BCUT2D eigenvalue weighted by atomic mass is 9.70. The Morgan fingerprint density at radius 2 is 0.895 bits per heavy atom. The molecule has 1 atom stereocenters. The van der Waals surface area contributed by atoms with Crippen LogP contribution in [-0.4, -0.2) is 0 Å². The molecule has 0 radical (unpaired) electrons. The van der Waals surface area contributed by atoms with Gasteiger partial charge in [-0.3, -0.25) is 0 Å². The lowest BCUT2D eigenvalue weighted by Crippen LogP contribution is -2.26. The first kappa shape index (κ1) is 21.2. The molecule has 0 aliphatic heterocycles. The van der Waals surface area contributed by atoms with E-state index in [9.17, 15) is 0 Å². The van der Waals surface area contributed by atoms with Gasteiger partial charge in [-0.15, -0.1) is 0 Å². The van der Waals surface area contributed by atoms with Crippen molar-refractivity contribution in [3.63, 3.8) is 0 Å². The topological polar surface area (TPSA) is 3.24 Å². The van der Waals surface area contributed by atoms with Gasteiger partial charge in [0, 0.05) is 17.1 Å². The smallest absolute Gasteiger partial charge is 0.0726 e. The summed E-state index contributed by atoms with van der Waals surface area (Å²) in [6.07, 6.45) is 0. The lowest BCUT2D eigenvalue weighted by Gasteiger charge is -2.32. The Labute approximate surface area is 223 Å². The standard InChI is InChI=1S/C37H25N/c1-4-13-26(14-5-1)37-34-22-11-10-19-30(34)32-20-12-21-33(36(32)37)31-24-23-29(25-35(31)37)38(27-15-6-2-7-16-27)28-17-8-3-9-18-28/h1-25H.